The molecule has 29 heavy (non-hydrogen) atoms. The maximum Gasteiger partial charge on any atom is 0.410 e. The van der Waals surface area contributed by atoms with E-state index in [1.54, 1.807) is 20.8 Å². The Kier molecular flexibility index (Phi) is 5.75. The summed E-state index contributed by atoms with van der Waals surface area (Å²) in [6.07, 6.45) is 2.14. The normalized spacial score (nSPS) is 30.0. The number of carbonyl (C=O) groups is 3. The monoisotopic (exact) mass is 408 g/mol. The molecule has 1 saturated heterocycles. The van der Waals surface area contributed by atoms with Gasteiger partial charge in [-0.1, -0.05) is 33.1 Å². The zero-order chi connectivity index (χ0) is 21.7. The highest BCUT2D eigenvalue weighted by atomic mass is 16.6. The van der Waals surface area contributed by atoms with Crippen molar-refractivity contribution < 1.29 is 24.2 Å². The van der Waals surface area contributed by atoms with Crippen molar-refractivity contribution in [2.45, 2.75) is 91.0 Å². The first kappa shape index (κ1) is 22.1. The minimum atomic E-state index is -1.22. The Bertz CT molecular complexity index is 679. The number of fused-ring (bicyclic) bond motifs is 1. The quantitative estimate of drug-likeness (QED) is 0.704. The molecule has 0 aromatic rings. The van der Waals surface area contributed by atoms with Gasteiger partial charge in [-0.3, -0.25) is 14.5 Å². The second kappa shape index (κ2) is 7.56. The number of piperidine rings is 1. The van der Waals surface area contributed by atoms with Gasteiger partial charge in [0.25, 0.3) is 0 Å². The summed E-state index contributed by atoms with van der Waals surface area (Å²) in [5.41, 5.74) is -0.652. The number of aliphatic hydroxyl groups is 1. The van der Waals surface area contributed by atoms with Crippen LogP contribution in [0.5, 0.6) is 0 Å². The van der Waals surface area contributed by atoms with Crippen LogP contribution in [0.25, 0.3) is 0 Å². The fourth-order valence-corrected chi connectivity index (χ4v) is 5.00. The number of ether oxygens (including phenoxy) is 1. The highest BCUT2D eigenvalue weighted by Gasteiger charge is 2.69. The number of hydrogen-bond donors (Lipinski definition) is 2. The van der Waals surface area contributed by atoms with Gasteiger partial charge in [-0.2, -0.15) is 0 Å². The van der Waals surface area contributed by atoms with E-state index < -0.39 is 29.9 Å². The summed E-state index contributed by atoms with van der Waals surface area (Å²) in [5, 5.41) is 13.3. The van der Waals surface area contributed by atoms with E-state index in [1.807, 2.05) is 0 Å². The Morgan fingerprint density at radius 2 is 1.86 bits per heavy atom. The van der Waals surface area contributed by atoms with E-state index >= 15 is 0 Å². The second-order valence-electron chi connectivity index (χ2n) is 10.7. The molecule has 4 unspecified atom stereocenters. The lowest BCUT2D eigenvalue weighted by Crippen LogP contribution is -2.56. The van der Waals surface area contributed by atoms with Crippen molar-refractivity contribution in [1.29, 1.82) is 0 Å². The summed E-state index contributed by atoms with van der Waals surface area (Å²) < 4.78 is 5.52. The maximum absolute atomic E-state index is 13.3. The summed E-state index contributed by atoms with van der Waals surface area (Å²) in [6, 6.07) is -1.25. The van der Waals surface area contributed by atoms with Gasteiger partial charge in [0.1, 0.15) is 17.7 Å². The Labute approximate surface area is 173 Å². The van der Waals surface area contributed by atoms with Crippen molar-refractivity contribution in [2.75, 3.05) is 6.54 Å². The molecule has 2 N–H and O–H groups in total. The summed E-state index contributed by atoms with van der Waals surface area (Å²) in [4.78, 5) is 39.4. The van der Waals surface area contributed by atoms with E-state index in [2.05, 4.69) is 19.2 Å². The fourth-order valence-electron chi connectivity index (χ4n) is 5.00. The highest BCUT2D eigenvalue weighted by Crippen LogP contribution is 2.65. The number of aliphatic hydroxyl groups excluding tert-OH is 1. The van der Waals surface area contributed by atoms with Crippen molar-refractivity contribution >= 4 is 17.8 Å². The van der Waals surface area contributed by atoms with Crippen LogP contribution >= 0.6 is 0 Å². The van der Waals surface area contributed by atoms with Crippen molar-refractivity contribution in [3.05, 3.63) is 0 Å². The Morgan fingerprint density at radius 1 is 1.24 bits per heavy atom. The van der Waals surface area contributed by atoms with Crippen LogP contribution in [0.2, 0.25) is 0 Å². The number of carbonyl (C=O) groups excluding carboxylic acids is 3. The molecule has 7 heteroatoms. The number of ketones is 1. The van der Waals surface area contributed by atoms with Crippen LogP contribution in [-0.2, 0) is 14.3 Å². The molecule has 164 valence electrons. The van der Waals surface area contributed by atoms with Crippen LogP contribution in [0, 0.1) is 23.2 Å². The molecule has 3 fully saturated rings. The summed E-state index contributed by atoms with van der Waals surface area (Å²) in [6.45, 7) is 11.5. The first-order valence-corrected chi connectivity index (χ1v) is 10.8. The standard InChI is InChI=1S/C22H36N2O5/c1-12(25)18(26)15(10-13-8-7-9-13)23-19(27)17-16-14(22(16,5)6)11-24(17)20(28)29-21(2,3)4/h13-18,26H,7-11H2,1-6H3,(H,23,27)/t14?,15?,16?,17-,18?/m0/s1. The largest absolute Gasteiger partial charge is 0.444 e. The lowest BCUT2D eigenvalue weighted by Gasteiger charge is -2.35. The number of Topliss-reactive ketones (excluding diaryl/α,β-unsaturated/α-hetero) is 1. The highest BCUT2D eigenvalue weighted by molar-refractivity contribution is 5.89. The summed E-state index contributed by atoms with van der Waals surface area (Å²) in [7, 11) is 0. The van der Waals surface area contributed by atoms with Gasteiger partial charge < -0.3 is 15.2 Å². The molecule has 2 saturated carbocycles. The molecule has 2 aliphatic carbocycles. The zero-order valence-corrected chi connectivity index (χ0v) is 18.5. The SMILES string of the molecule is CC(=O)C(O)C(CC1CCC1)NC(=O)[C@@H]1C2C(CN1C(=O)OC(C)(C)C)C2(C)C. The van der Waals surface area contributed by atoms with Crippen molar-refractivity contribution in [2.24, 2.45) is 23.2 Å². The predicted molar refractivity (Wildman–Crippen MR) is 108 cm³/mol. The van der Waals surface area contributed by atoms with Crippen LogP contribution in [0.3, 0.4) is 0 Å². The van der Waals surface area contributed by atoms with Crippen LogP contribution in [0.15, 0.2) is 0 Å². The predicted octanol–water partition coefficient (Wildman–Crippen LogP) is 2.50. The molecular weight excluding hydrogens is 372 g/mol. The van der Waals surface area contributed by atoms with E-state index in [0.717, 1.165) is 19.3 Å². The molecule has 3 aliphatic rings. The first-order chi connectivity index (χ1) is 13.3. The molecule has 0 aromatic heterocycles. The molecule has 1 aliphatic heterocycles. The molecule has 5 atom stereocenters. The number of likely N-dealkylation sites (tertiary alicyclic amines) is 1. The van der Waals surface area contributed by atoms with Crippen LogP contribution < -0.4 is 5.32 Å². The lowest BCUT2D eigenvalue weighted by molar-refractivity contribution is -0.131. The maximum atomic E-state index is 13.3. The van der Waals surface area contributed by atoms with Gasteiger partial charge >= 0.3 is 6.09 Å². The third-order valence-electron chi connectivity index (χ3n) is 7.04. The van der Waals surface area contributed by atoms with Gasteiger partial charge in [0.2, 0.25) is 5.91 Å². The molecule has 7 nitrogen and oxygen atoms in total. The summed E-state index contributed by atoms with van der Waals surface area (Å²) in [5.74, 6) is 0.0978. The van der Waals surface area contributed by atoms with E-state index in [1.165, 1.54) is 11.8 Å². The molecule has 1 heterocycles. The molecule has 3 rings (SSSR count). The van der Waals surface area contributed by atoms with E-state index in [0.29, 0.717) is 18.9 Å². The smallest absolute Gasteiger partial charge is 0.410 e. The summed E-state index contributed by atoms with van der Waals surface area (Å²) >= 11 is 0. The Balaban J connectivity index is 1.75. The lowest BCUT2D eigenvalue weighted by atomic mass is 9.79. The number of rotatable bonds is 6. The van der Waals surface area contributed by atoms with Gasteiger partial charge in [0.15, 0.2) is 5.78 Å². The van der Waals surface area contributed by atoms with Crippen molar-refractivity contribution in [1.82, 2.24) is 10.2 Å². The van der Waals surface area contributed by atoms with Gasteiger partial charge in [-0.15, -0.1) is 0 Å². The Hall–Kier alpha value is -1.63. The minimum absolute atomic E-state index is 0.0107. The van der Waals surface area contributed by atoms with E-state index in [-0.39, 0.29) is 28.9 Å². The van der Waals surface area contributed by atoms with E-state index in [4.69, 9.17) is 4.74 Å². The molecular formula is C22H36N2O5. The minimum Gasteiger partial charge on any atom is -0.444 e. The average Bonchev–Trinajstić information content (AvgIpc) is 2.92. The average molecular weight is 409 g/mol. The van der Waals surface area contributed by atoms with Crippen molar-refractivity contribution in [3.8, 4) is 0 Å². The van der Waals surface area contributed by atoms with Gasteiger partial charge in [-0.25, -0.2) is 4.79 Å². The Morgan fingerprint density at radius 3 is 2.34 bits per heavy atom. The molecule has 2 amide bonds. The van der Waals surface area contributed by atoms with Crippen LogP contribution in [0.4, 0.5) is 4.79 Å². The van der Waals surface area contributed by atoms with Gasteiger partial charge in [-0.05, 0) is 57.3 Å². The third kappa shape index (κ3) is 4.44. The van der Waals surface area contributed by atoms with Gasteiger partial charge in [0.05, 0.1) is 6.04 Å². The first-order valence-electron chi connectivity index (χ1n) is 10.8. The molecule has 0 bridgehead atoms. The van der Waals surface area contributed by atoms with Gasteiger partial charge in [0, 0.05) is 6.54 Å². The third-order valence-corrected chi connectivity index (χ3v) is 7.04. The second-order valence-corrected chi connectivity index (χ2v) is 10.7. The molecule has 0 aromatic carbocycles. The zero-order valence-electron chi connectivity index (χ0n) is 18.5. The van der Waals surface area contributed by atoms with Crippen LogP contribution in [-0.4, -0.2) is 58.1 Å². The molecule has 0 radical (unpaired) electrons. The topological polar surface area (TPSA) is 95.9 Å². The molecule has 0 spiro atoms. The van der Waals surface area contributed by atoms with Crippen molar-refractivity contribution in [3.63, 3.8) is 0 Å². The number of nitrogens with one attached hydrogen (secondary N) is 1. The number of amides is 2. The fraction of sp³-hybridized carbons (Fsp3) is 0.864. The van der Waals surface area contributed by atoms with E-state index in [9.17, 15) is 19.5 Å². The number of hydrogen-bond acceptors (Lipinski definition) is 5. The number of nitrogens with zero attached hydrogens (tertiary/aromatic N) is 1. The van der Waals surface area contributed by atoms with Crippen LogP contribution in [0.1, 0.15) is 67.2 Å².